The number of ether oxygens (including phenoxy) is 1. The first kappa shape index (κ1) is 20.5. The fraction of sp³-hybridized carbons (Fsp3) is 0.476. The summed E-state index contributed by atoms with van der Waals surface area (Å²) >= 11 is 1.52. The molecule has 0 aliphatic carbocycles. The normalized spacial score (nSPS) is 15.5. The highest BCUT2D eigenvalue weighted by molar-refractivity contribution is 7.09. The van der Waals surface area contributed by atoms with Crippen LogP contribution in [0.5, 0.6) is 0 Å². The summed E-state index contributed by atoms with van der Waals surface area (Å²) < 4.78 is 5.53. The van der Waals surface area contributed by atoms with Gasteiger partial charge >= 0.3 is 0 Å². The van der Waals surface area contributed by atoms with Crippen LogP contribution < -0.4 is 10.2 Å². The molecule has 0 bridgehead atoms. The Morgan fingerprint density at radius 2 is 2.11 bits per heavy atom. The van der Waals surface area contributed by atoms with Gasteiger partial charge in [0.25, 0.3) is 0 Å². The standard InChI is InChI=1S/C21H27N3O3S/c1-3-27-15(2)21-23-17(14-28-21)12-19(25)22-13-16-7-9-18(10-8-16)24-11-5-4-6-20(24)26/h7-10,14-15H,3-6,11-13H2,1-2H3,(H,22,25). The summed E-state index contributed by atoms with van der Waals surface area (Å²) in [6, 6.07) is 7.82. The number of carbonyl (C=O) groups is 2. The number of rotatable bonds is 8. The molecule has 0 radical (unpaired) electrons. The van der Waals surface area contributed by atoms with Crippen LogP contribution in [-0.4, -0.2) is 29.9 Å². The minimum absolute atomic E-state index is 0.0443. The monoisotopic (exact) mass is 401 g/mol. The molecule has 1 aromatic carbocycles. The van der Waals surface area contributed by atoms with E-state index in [1.54, 1.807) is 0 Å². The smallest absolute Gasteiger partial charge is 0.226 e. The molecule has 1 atom stereocenters. The van der Waals surface area contributed by atoms with E-state index < -0.39 is 0 Å². The maximum atomic E-state index is 12.2. The van der Waals surface area contributed by atoms with Gasteiger partial charge in [0.15, 0.2) is 0 Å². The summed E-state index contributed by atoms with van der Waals surface area (Å²) in [6.45, 7) is 5.80. The molecular formula is C21H27N3O3S. The van der Waals surface area contributed by atoms with Gasteiger partial charge in [-0.25, -0.2) is 4.98 Å². The van der Waals surface area contributed by atoms with E-state index in [4.69, 9.17) is 4.74 Å². The molecule has 1 N–H and O–H groups in total. The van der Waals surface area contributed by atoms with Crippen molar-refractivity contribution in [1.29, 1.82) is 0 Å². The first-order valence-corrected chi connectivity index (χ1v) is 10.7. The number of piperidine rings is 1. The highest BCUT2D eigenvalue weighted by atomic mass is 32.1. The van der Waals surface area contributed by atoms with Crippen LogP contribution >= 0.6 is 11.3 Å². The zero-order valence-corrected chi connectivity index (χ0v) is 17.3. The Hall–Kier alpha value is -2.25. The van der Waals surface area contributed by atoms with Crippen LogP contribution in [0, 0.1) is 0 Å². The van der Waals surface area contributed by atoms with E-state index in [0.717, 1.165) is 41.3 Å². The van der Waals surface area contributed by atoms with Gasteiger partial charge in [-0.3, -0.25) is 9.59 Å². The second kappa shape index (κ2) is 9.80. The summed E-state index contributed by atoms with van der Waals surface area (Å²) in [6.07, 6.45) is 2.86. The molecule has 2 amide bonds. The number of hydrogen-bond acceptors (Lipinski definition) is 5. The van der Waals surface area contributed by atoms with E-state index in [9.17, 15) is 9.59 Å². The van der Waals surface area contributed by atoms with Crippen molar-refractivity contribution in [2.75, 3.05) is 18.1 Å². The lowest BCUT2D eigenvalue weighted by Gasteiger charge is -2.26. The third-order valence-electron chi connectivity index (χ3n) is 4.74. The molecule has 2 aromatic rings. The average molecular weight is 402 g/mol. The molecule has 7 heteroatoms. The summed E-state index contributed by atoms with van der Waals surface area (Å²) in [5.41, 5.74) is 2.70. The van der Waals surface area contributed by atoms with Crippen LogP contribution in [0.1, 0.15) is 55.5 Å². The van der Waals surface area contributed by atoms with E-state index in [2.05, 4.69) is 10.3 Å². The Morgan fingerprint density at radius 3 is 2.82 bits per heavy atom. The molecule has 3 rings (SSSR count). The lowest BCUT2D eigenvalue weighted by Crippen LogP contribution is -2.35. The number of hydrogen-bond donors (Lipinski definition) is 1. The predicted molar refractivity (Wildman–Crippen MR) is 110 cm³/mol. The molecule has 1 aromatic heterocycles. The third kappa shape index (κ3) is 5.39. The van der Waals surface area contributed by atoms with Crippen LogP contribution in [0.25, 0.3) is 0 Å². The zero-order valence-electron chi connectivity index (χ0n) is 16.4. The van der Waals surface area contributed by atoms with Crippen molar-refractivity contribution < 1.29 is 14.3 Å². The Labute approximate surface area is 169 Å². The molecule has 6 nitrogen and oxygen atoms in total. The fourth-order valence-electron chi connectivity index (χ4n) is 3.21. The minimum Gasteiger partial charge on any atom is -0.372 e. The lowest BCUT2D eigenvalue weighted by molar-refractivity contribution is -0.121. The van der Waals surface area contributed by atoms with E-state index >= 15 is 0 Å². The second-order valence-corrected chi connectivity index (χ2v) is 7.79. The van der Waals surface area contributed by atoms with Gasteiger partial charge in [0.2, 0.25) is 11.8 Å². The number of nitrogens with one attached hydrogen (secondary N) is 1. The molecule has 1 fully saturated rings. The Morgan fingerprint density at radius 1 is 1.32 bits per heavy atom. The van der Waals surface area contributed by atoms with Crippen molar-refractivity contribution in [1.82, 2.24) is 10.3 Å². The van der Waals surface area contributed by atoms with E-state index in [-0.39, 0.29) is 24.3 Å². The maximum absolute atomic E-state index is 12.2. The van der Waals surface area contributed by atoms with Gasteiger partial charge in [0.1, 0.15) is 11.1 Å². The summed E-state index contributed by atoms with van der Waals surface area (Å²) in [5, 5.41) is 5.74. The molecule has 28 heavy (non-hydrogen) atoms. The molecule has 1 aliphatic rings. The number of benzene rings is 1. The van der Waals surface area contributed by atoms with Crippen molar-refractivity contribution in [3.05, 3.63) is 45.9 Å². The SMILES string of the molecule is CCOC(C)c1nc(CC(=O)NCc2ccc(N3CCCCC3=O)cc2)cs1. The average Bonchev–Trinajstić information content (AvgIpc) is 3.16. The van der Waals surface area contributed by atoms with E-state index in [1.165, 1.54) is 11.3 Å². The predicted octanol–water partition coefficient (Wildman–Crippen LogP) is 3.62. The van der Waals surface area contributed by atoms with Gasteiger partial charge in [-0.05, 0) is 44.4 Å². The summed E-state index contributed by atoms with van der Waals surface area (Å²) in [7, 11) is 0. The molecule has 1 unspecified atom stereocenters. The maximum Gasteiger partial charge on any atom is 0.226 e. The largest absolute Gasteiger partial charge is 0.372 e. The second-order valence-electron chi connectivity index (χ2n) is 6.90. The number of nitrogens with zero attached hydrogens (tertiary/aromatic N) is 2. The topological polar surface area (TPSA) is 71.5 Å². The minimum atomic E-state index is -0.0591. The van der Waals surface area contributed by atoms with Gasteiger partial charge in [-0.15, -0.1) is 11.3 Å². The number of carbonyl (C=O) groups excluding carboxylic acids is 2. The quantitative estimate of drug-likeness (QED) is 0.733. The van der Waals surface area contributed by atoms with Crippen LogP contribution in [0.3, 0.4) is 0 Å². The Bertz CT molecular complexity index is 803. The number of amides is 2. The molecule has 1 saturated heterocycles. The van der Waals surface area contributed by atoms with Crippen molar-refractivity contribution in [3.63, 3.8) is 0 Å². The van der Waals surface area contributed by atoms with Gasteiger partial charge in [-0.1, -0.05) is 12.1 Å². The molecule has 0 saturated carbocycles. The zero-order chi connectivity index (χ0) is 19.9. The van der Waals surface area contributed by atoms with Crippen LogP contribution in [-0.2, 0) is 27.3 Å². The van der Waals surface area contributed by atoms with Crippen LogP contribution in [0.15, 0.2) is 29.6 Å². The molecule has 2 heterocycles. The number of aromatic nitrogens is 1. The lowest BCUT2D eigenvalue weighted by atomic mass is 10.1. The van der Waals surface area contributed by atoms with Crippen molar-refractivity contribution in [2.24, 2.45) is 0 Å². The van der Waals surface area contributed by atoms with Gasteiger partial charge in [-0.2, -0.15) is 0 Å². The van der Waals surface area contributed by atoms with Gasteiger partial charge < -0.3 is 15.0 Å². The Balaban J connectivity index is 1.48. The summed E-state index contributed by atoms with van der Waals surface area (Å²) in [4.78, 5) is 30.6. The van der Waals surface area contributed by atoms with Crippen molar-refractivity contribution in [2.45, 2.75) is 52.2 Å². The van der Waals surface area contributed by atoms with Crippen molar-refractivity contribution in [3.8, 4) is 0 Å². The Kier molecular flexibility index (Phi) is 7.17. The van der Waals surface area contributed by atoms with E-state index in [1.807, 2.05) is 48.4 Å². The van der Waals surface area contributed by atoms with E-state index in [0.29, 0.717) is 19.6 Å². The highest BCUT2D eigenvalue weighted by Gasteiger charge is 2.19. The molecule has 1 aliphatic heterocycles. The third-order valence-corrected chi connectivity index (χ3v) is 5.79. The van der Waals surface area contributed by atoms with Gasteiger partial charge in [0, 0.05) is 37.2 Å². The molecular weight excluding hydrogens is 374 g/mol. The molecule has 150 valence electrons. The molecule has 0 spiro atoms. The van der Waals surface area contributed by atoms with Crippen LogP contribution in [0.4, 0.5) is 5.69 Å². The fourth-order valence-corrected chi connectivity index (χ4v) is 4.03. The van der Waals surface area contributed by atoms with Gasteiger partial charge in [0.05, 0.1) is 12.1 Å². The first-order chi connectivity index (χ1) is 13.6. The first-order valence-electron chi connectivity index (χ1n) is 9.78. The highest BCUT2D eigenvalue weighted by Crippen LogP contribution is 2.22. The van der Waals surface area contributed by atoms with Crippen molar-refractivity contribution >= 4 is 28.8 Å². The number of anilines is 1. The van der Waals surface area contributed by atoms with Crippen LogP contribution in [0.2, 0.25) is 0 Å². The number of thiazole rings is 1. The summed E-state index contributed by atoms with van der Waals surface area (Å²) in [5.74, 6) is 0.129.